The fourth-order valence-electron chi connectivity index (χ4n) is 7.66. The number of methoxy groups -OCH3 is 1. The number of hydrogen-bond acceptors (Lipinski definition) is 8. The van der Waals surface area contributed by atoms with E-state index in [4.69, 9.17) is 14.2 Å². The minimum atomic E-state index is -1.32. The zero-order valence-corrected chi connectivity index (χ0v) is 27.7. The fourth-order valence-corrected chi connectivity index (χ4v) is 7.66. The molecule has 1 aromatic carbocycles. The summed E-state index contributed by atoms with van der Waals surface area (Å²) >= 11 is 0. The second-order valence-electron chi connectivity index (χ2n) is 13.1. The molecule has 1 unspecified atom stereocenters. The van der Waals surface area contributed by atoms with Crippen molar-refractivity contribution in [1.82, 2.24) is 15.1 Å². The van der Waals surface area contributed by atoms with Crippen molar-refractivity contribution >= 4 is 23.7 Å². The van der Waals surface area contributed by atoms with Crippen LogP contribution in [0.2, 0.25) is 0 Å². The molecule has 4 heterocycles. The highest BCUT2D eigenvalue weighted by Gasteiger charge is 2.73. The second-order valence-corrected chi connectivity index (χ2v) is 13.1. The van der Waals surface area contributed by atoms with Crippen LogP contribution in [0.15, 0.2) is 54.6 Å². The number of nitrogens with one attached hydrogen (secondary N) is 1. The number of allylic oxidation sites excluding steroid dienone is 1. The van der Waals surface area contributed by atoms with Gasteiger partial charge in [0.05, 0.1) is 24.7 Å². The highest BCUT2D eigenvalue weighted by molar-refractivity contribution is 5.99. The Labute approximate surface area is 277 Å². The number of hydrogen-bond donors (Lipinski definition) is 2. The largest absolute Gasteiger partial charge is 0.455 e. The fraction of sp³-hybridized carbons (Fsp3) is 0.611. The Morgan fingerprint density at radius 1 is 1.09 bits per heavy atom. The number of rotatable bonds is 11. The summed E-state index contributed by atoms with van der Waals surface area (Å²) in [6.07, 6.45) is 9.94. The molecule has 11 heteroatoms. The number of esters is 1. The van der Waals surface area contributed by atoms with Gasteiger partial charge in [0.1, 0.15) is 23.7 Å². The van der Waals surface area contributed by atoms with Gasteiger partial charge in [-0.05, 0) is 44.6 Å². The predicted molar refractivity (Wildman–Crippen MR) is 174 cm³/mol. The Morgan fingerprint density at radius 2 is 1.87 bits per heavy atom. The lowest BCUT2D eigenvalue weighted by molar-refractivity contribution is -0.162. The van der Waals surface area contributed by atoms with Gasteiger partial charge >= 0.3 is 5.97 Å². The third-order valence-electron chi connectivity index (χ3n) is 9.89. The zero-order valence-electron chi connectivity index (χ0n) is 27.7. The first kappa shape index (κ1) is 34.8. The van der Waals surface area contributed by atoms with Crippen LogP contribution < -0.4 is 5.32 Å². The molecule has 1 aromatic rings. The Morgan fingerprint density at radius 3 is 2.60 bits per heavy atom. The van der Waals surface area contributed by atoms with Crippen LogP contribution in [-0.4, -0.2) is 102 Å². The lowest BCUT2D eigenvalue weighted by Gasteiger charge is -2.38. The van der Waals surface area contributed by atoms with E-state index in [1.54, 1.807) is 15.9 Å². The number of aliphatic hydroxyl groups is 1. The van der Waals surface area contributed by atoms with Crippen molar-refractivity contribution in [3.63, 3.8) is 0 Å². The lowest BCUT2D eigenvalue weighted by atomic mass is 9.74. The second kappa shape index (κ2) is 15.6. The van der Waals surface area contributed by atoms with E-state index in [9.17, 15) is 24.3 Å². The molecule has 5 bridgehead atoms. The summed E-state index contributed by atoms with van der Waals surface area (Å²) in [5.74, 6) is -3.30. The molecule has 3 amide bonds. The van der Waals surface area contributed by atoms with Crippen LogP contribution in [0.1, 0.15) is 70.5 Å². The number of nitrogens with zero attached hydrogens (tertiary/aromatic N) is 2. The molecule has 5 rings (SSSR count). The molecule has 4 aliphatic rings. The van der Waals surface area contributed by atoms with Crippen LogP contribution in [0.3, 0.4) is 0 Å². The van der Waals surface area contributed by atoms with Crippen LogP contribution in [0.5, 0.6) is 0 Å². The number of amides is 3. The number of cyclic esters (lactones) is 1. The van der Waals surface area contributed by atoms with E-state index in [-0.39, 0.29) is 43.4 Å². The van der Waals surface area contributed by atoms with Crippen molar-refractivity contribution in [1.29, 1.82) is 0 Å². The van der Waals surface area contributed by atoms with E-state index >= 15 is 0 Å². The van der Waals surface area contributed by atoms with Crippen molar-refractivity contribution in [2.75, 3.05) is 33.4 Å². The molecule has 8 atom stereocenters. The van der Waals surface area contributed by atoms with Crippen LogP contribution in [0.25, 0.3) is 0 Å². The Balaban J connectivity index is 1.58. The molecular formula is C36H49N3O8. The molecule has 2 saturated heterocycles. The smallest absolute Gasteiger partial charge is 0.313 e. The first-order valence-electron chi connectivity index (χ1n) is 17.0. The molecule has 1 spiro atoms. The van der Waals surface area contributed by atoms with E-state index in [0.29, 0.717) is 44.3 Å². The topological polar surface area (TPSA) is 135 Å². The van der Waals surface area contributed by atoms with Gasteiger partial charge in [0.25, 0.3) is 0 Å². The molecule has 11 nitrogen and oxygen atoms in total. The van der Waals surface area contributed by atoms with Gasteiger partial charge in [0.15, 0.2) is 0 Å². The van der Waals surface area contributed by atoms with Gasteiger partial charge in [-0.1, -0.05) is 68.0 Å². The number of aliphatic hydroxyl groups excluding tert-OH is 1. The van der Waals surface area contributed by atoms with E-state index in [2.05, 4.69) is 12.2 Å². The maximum atomic E-state index is 14.7. The van der Waals surface area contributed by atoms with Gasteiger partial charge in [0, 0.05) is 39.3 Å². The van der Waals surface area contributed by atoms with Gasteiger partial charge in [-0.15, -0.1) is 0 Å². The molecule has 0 saturated carbocycles. The van der Waals surface area contributed by atoms with Crippen molar-refractivity contribution in [3.8, 4) is 0 Å². The maximum Gasteiger partial charge on any atom is 0.313 e. The summed E-state index contributed by atoms with van der Waals surface area (Å²) in [6.45, 7) is 4.82. The van der Waals surface area contributed by atoms with Crippen LogP contribution in [-0.2, 0) is 33.4 Å². The number of carbonyl (C=O) groups excluding carboxylic acids is 4. The summed E-state index contributed by atoms with van der Waals surface area (Å²) in [7, 11) is 1.52. The summed E-state index contributed by atoms with van der Waals surface area (Å²) in [5.41, 5.74) is -0.642. The van der Waals surface area contributed by atoms with Gasteiger partial charge in [-0.25, -0.2) is 0 Å². The van der Waals surface area contributed by atoms with Gasteiger partial charge in [-0.3, -0.25) is 19.2 Å². The number of unbranched alkanes of at least 4 members (excludes halogenated alkanes) is 2. The molecule has 0 radical (unpaired) electrons. The van der Waals surface area contributed by atoms with Crippen molar-refractivity contribution in [3.05, 3.63) is 60.2 Å². The Kier molecular flexibility index (Phi) is 11.5. The predicted octanol–water partition coefficient (Wildman–Crippen LogP) is 3.08. The summed E-state index contributed by atoms with van der Waals surface area (Å²) < 4.78 is 18.3. The highest BCUT2D eigenvalue weighted by atomic mass is 16.6. The van der Waals surface area contributed by atoms with E-state index in [0.717, 1.165) is 12.8 Å². The number of carbonyl (C=O) groups is 4. The van der Waals surface area contributed by atoms with Crippen molar-refractivity contribution < 1.29 is 38.5 Å². The number of benzene rings is 1. The summed E-state index contributed by atoms with van der Waals surface area (Å²) in [6, 6.07) is 7.41. The minimum absolute atomic E-state index is 0.0477. The molecule has 47 heavy (non-hydrogen) atoms. The molecular weight excluding hydrogens is 602 g/mol. The molecule has 2 fully saturated rings. The van der Waals surface area contributed by atoms with Gasteiger partial charge in [-0.2, -0.15) is 0 Å². The first-order chi connectivity index (χ1) is 22.8. The number of fused-ring (bicyclic) bond motifs is 2. The molecule has 4 aliphatic heterocycles. The quantitative estimate of drug-likeness (QED) is 0.212. The maximum absolute atomic E-state index is 14.7. The van der Waals surface area contributed by atoms with Crippen molar-refractivity contribution in [2.45, 2.75) is 94.7 Å². The monoisotopic (exact) mass is 651 g/mol. The minimum Gasteiger partial charge on any atom is -0.455 e. The molecule has 0 aliphatic carbocycles. The third-order valence-corrected chi connectivity index (χ3v) is 9.89. The average molecular weight is 652 g/mol. The normalized spacial score (nSPS) is 32.3. The van der Waals surface area contributed by atoms with E-state index in [1.165, 1.54) is 7.11 Å². The van der Waals surface area contributed by atoms with Gasteiger partial charge in [0.2, 0.25) is 17.7 Å². The summed E-state index contributed by atoms with van der Waals surface area (Å²) in [5, 5.41) is 12.4. The lowest BCUT2D eigenvalue weighted by Crippen LogP contribution is -2.57. The summed E-state index contributed by atoms with van der Waals surface area (Å²) in [4.78, 5) is 60.0. The zero-order chi connectivity index (χ0) is 33.6. The van der Waals surface area contributed by atoms with Crippen LogP contribution in [0.4, 0.5) is 0 Å². The number of ether oxygens (including phenoxy) is 3. The number of likely N-dealkylation sites (tertiary alicyclic amines) is 1. The van der Waals surface area contributed by atoms with E-state index in [1.807, 2.05) is 55.5 Å². The highest BCUT2D eigenvalue weighted by Crippen LogP contribution is 2.56. The van der Waals surface area contributed by atoms with Gasteiger partial charge < -0.3 is 34.4 Å². The Bertz CT molecular complexity index is 1330. The van der Waals surface area contributed by atoms with Crippen molar-refractivity contribution in [2.24, 2.45) is 11.8 Å². The third kappa shape index (κ3) is 7.03. The SMILES string of the molecule is CCCC(C)N1C/C=C\CCC(=O)N[C@H](COC)[C@@H](c2ccccc2)OC(=O)[C@@H]2[C@@H]3C=C[C@]4(O3)[C@H](C1=O)N(CCCCCO)C(=O)[C@@H]24. The average Bonchev–Trinajstić information content (AvgIpc) is 3.70. The standard InChI is InChI=1S/C36H49N3O8/c1-4-14-24(2)38-20-11-6-10-17-28(41)37-26(23-45-3)31(25-15-8-5-9-16-25)46-35(44)29-27-18-19-36(47-27)30(29)33(42)39(32(36)34(38)43)21-12-7-13-22-40/h5-6,8-9,11,15-16,18-19,24,26-27,29-32,40H,4,7,10,12-14,17,20-23H2,1-3H3,(H,37,41)/b11-6-/t24?,26-,27+,29-,30-,31-,32+,36-/m1/s1. The van der Waals surface area contributed by atoms with Crippen LogP contribution in [0, 0.1) is 11.8 Å². The Hall–Kier alpha value is -3.54. The van der Waals surface area contributed by atoms with Crippen LogP contribution >= 0.6 is 0 Å². The first-order valence-corrected chi connectivity index (χ1v) is 17.0. The molecule has 2 N–H and O–H groups in total. The molecule has 0 aromatic heterocycles. The molecule has 256 valence electrons. The van der Waals surface area contributed by atoms with E-state index < -0.39 is 47.7 Å².